The van der Waals surface area contributed by atoms with E-state index in [-0.39, 0.29) is 5.91 Å². The summed E-state index contributed by atoms with van der Waals surface area (Å²) in [5.74, 6) is -0.0108. The fourth-order valence-corrected chi connectivity index (χ4v) is 2.34. The number of hydrogen-bond donors (Lipinski definition) is 1. The van der Waals surface area contributed by atoms with E-state index in [9.17, 15) is 4.79 Å². The van der Waals surface area contributed by atoms with Gasteiger partial charge in [-0.25, -0.2) is 0 Å². The van der Waals surface area contributed by atoms with Gasteiger partial charge < -0.3 is 5.32 Å². The second-order valence-corrected chi connectivity index (χ2v) is 5.36. The Kier molecular flexibility index (Phi) is 5.92. The molecule has 0 atom stereocenters. The van der Waals surface area contributed by atoms with Crippen molar-refractivity contribution in [3.8, 4) is 0 Å². The van der Waals surface area contributed by atoms with Crippen molar-refractivity contribution in [1.29, 1.82) is 0 Å². The summed E-state index contributed by atoms with van der Waals surface area (Å²) in [7, 11) is 0. The van der Waals surface area contributed by atoms with E-state index in [1.165, 1.54) is 5.56 Å². The average Bonchev–Trinajstić information content (AvgIpc) is 2.48. The highest BCUT2D eigenvalue weighted by molar-refractivity contribution is 5.92. The molecule has 0 aliphatic heterocycles. The minimum atomic E-state index is -0.0108. The minimum absolute atomic E-state index is 0.0108. The van der Waals surface area contributed by atoms with Gasteiger partial charge in [0, 0.05) is 18.8 Å². The van der Waals surface area contributed by atoms with Gasteiger partial charge in [0.05, 0.1) is 6.54 Å². The first-order valence-electron chi connectivity index (χ1n) is 7.41. The Bertz CT molecular complexity index is 622. The number of hydrogen-bond acceptors (Lipinski definition) is 2. The third-order valence-electron chi connectivity index (χ3n) is 3.31. The Hall–Kier alpha value is -2.39. The Morgan fingerprint density at radius 2 is 1.95 bits per heavy atom. The number of nitrogens with one attached hydrogen (secondary N) is 1. The molecule has 0 aromatic heterocycles. The Labute approximate surface area is 132 Å². The first kappa shape index (κ1) is 16.0. The smallest absolute Gasteiger partial charge is 0.238 e. The number of aryl methyl sites for hydroxylation is 1. The van der Waals surface area contributed by atoms with Crippen molar-refractivity contribution in [2.24, 2.45) is 0 Å². The first-order chi connectivity index (χ1) is 10.7. The standard InChI is InChI=1S/C19H22N2O/c1-3-12-21(14-17-9-5-4-6-10-17)15-19(22)20-18-11-7-8-16(2)13-18/h3-11,13H,1,12,14-15H2,2H3,(H,20,22). The van der Waals surface area contributed by atoms with Crippen LogP contribution in [0.15, 0.2) is 67.3 Å². The summed E-state index contributed by atoms with van der Waals surface area (Å²) in [6.45, 7) is 7.53. The van der Waals surface area contributed by atoms with Gasteiger partial charge in [-0.05, 0) is 30.2 Å². The van der Waals surface area contributed by atoms with Crippen LogP contribution in [-0.2, 0) is 11.3 Å². The highest BCUT2D eigenvalue weighted by atomic mass is 16.2. The van der Waals surface area contributed by atoms with Crippen molar-refractivity contribution < 1.29 is 4.79 Å². The summed E-state index contributed by atoms with van der Waals surface area (Å²) in [4.78, 5) is 14.3. The molecule has 0 saturated carbocycles. The van der Waals surface area contributed by atoms with Crippen LogP contribution in [0.4, 0.5) is 5.69 Å². The summed E-state index contributed by atoms with van der Waals surface area (Å²) in [5, 5.41) is 2.94. The Morgan fingerprint density at radius 1 is 1.18 bits per heavy atom. The van der Waals surface area contributed by atoms with Gasteiger partial charge >= 0.3 is 0 Å². The van der Waals surface area contributed by atoms with E-state index in [4.69, 9.17) is 0 Å². The molecule has 2 aromatic rings. The van der Waals surface area contributed by atoms with Crippen molar-refractivity contribution >= 4 is 11.6 Å². The topological polar surface area (TPSA) is 32.3 Å². The van der Waals surface area contributed by atoms with Gasteiger partial charge in [0.25, 0.3) is 0 Å². The second kappa shape index (κ2) is 8.15. The van der Waals surface area contributed by atoms with E-state index in [1.807, 2.05) is 55.5 Å². The summed E-state index contributed by atoms with van der Waals surface area (Å²) in [5.41, 5.74) is 3.15. The molecular formula is C19H22N2O. The summed E-state index contributed by atoms with van der Waals surface area (Å²) in [6, 6.07) is 18.0. The van der Waals surface area contributed by atoms with E-state index in [1.54, 1.807) is 0 Å². The fourth-order valence-electron chi connectivity index (χ4n) is 2.34. The molecule has 1 N–H and O–H groups in total. The Morgan fingerprint density at radius 3 is 2.64 bits per heavy atom. The summed E-state index contributed by atoms with van der Waals surface area (Å²) < 4.78 is 0. The maximum atomic E-state index is 12.2. The van der Waals surface area contributed by atoms with Gasteiger partial charge in [-0.3, -0.25) is 9.69 Å². The Balaban J connectivity index is 1.95. The highest BCUT2D eigenvalue weighted by Gasteiger charge is 2.10. The van der Waals surface area contributed by atoms with Gasteiger partial charge in [0.1, 0.15) is 0 Å². The van der Waals surface area contributed by atoms with E-state index in [0.29, 0.717) is 13.1 Å². The molecule has 0 bridgehead atoms. The highest BCUT2D eigenvalue weighted by Crippen LogP contribution is 2.10. The van der Waals surface area contributed by atoms with Crippen LogP contribution in [0.1, 0.15) is 11.1 Å². The van der Waals surface area contributed by atoms with Crippen LogP contribution in [0.2, 0.25) is 0 Å². The lowest BCUT2D eigenvalue weighted by molar-refractivity contribution is -0.117. The predicted molar refractivity (Wildman–Crippen MR) is 91.7 cm³/mol. The van der Waals surface area contributed by atoms with Gasteiger partial charge in [-0.2, -0.15) is 0 Å². The largest absolute Gasteiger partial charge is 0.325 e. The molecule has 3 heteroatoms. The lowest BCUT2D eigenvalue weighted by atomic mass is 10.2. The monoisotopic (exact) mass is 294 g/mol. The quantitative estimate of drug-likeness (QED) is 0.791. The zero-order valence-electron chi connectivity index (χ0n) is 13.0. The number of rotatable bonds is 7. The zero-order chi connectivity index (χ0) is 15.8. The normalized spacial score (nSPS) is 10.5. The molecular weight excluding hydrogens is 272 g/mol. The van der Waals surface area contributed by atoms with Gasteiger partial charge in [-0.15, -0.1) is 6.58 Å². The zero-order valence-corrected chi connectivity index (χ0v) is 13.0. The first-order valence-corrected chi connectivity index (χ1v) is 7.41. The van der Waals surface area contributed by atoms with E-state index in [0.717, 1.165) is 17.8 Å². The molecule has 1 amide bonds. The van der Waals surface area contributed by atoms with E-state index >= 15 is 0 Å². The molecule has 0 saturated heterocycles. The molecule has 0 fully saturated rings. The number of amides is 1. The predicted octanol–water partition coefficient (Wildman–Crippen LogP) is 3.62. The van der Waals surface area contributed by atoms with Gasteiger partial charge in [-0.1, -0.05) is 48.5 Å². The second-order valence-electron chi connectivity index (χ2n) is 5.36. The molecule has 2 aromatic carbocycles. The fraction of sp³-hybridized carbons (Fsp3) is 0.211. The van der Waals surface area contributed by atoms with Crippen molar-refractivity contribution in [3.63, 3.8) is 0 Å². The number of carbonyl (C=O) groups excluding carboxylic acids is 1. The van der Waals surface area contributed by atoms with Crippen LogP contribution in [0.5, 0.6) is 0 Å². The van der Waals surface area contributed by atoms with E-state index in [2.05, 4.69) is 28.9 Å². The summed E-state index contributed by atoms with van der Waals surface area (Å²) >= 11 is 0. The molecule has 22 heavy (non-hydrogen) atoms. The molecule has 0 unspecified atom stereocenters. The number of benzene rings is 2. The molecule has 114 valence electrons. The molecule has 0 heterocycles. The molecule has 3 nitrogen and oxygen atoms in total. The van der Waals surface area contributed by atoms with Crippen molar-refractivity contribution in [1.82, 2.24) is 4.90 Å². The molecule has 0 aliphatic rings. The lowest BCUT2D eigenvalue weighted by Gasteiger charge is -2.20. The molecule has 0 radical (unpaired) electrons. The molecule has 0 spiro atoms. The number of carbonyl (C=O) groups is 1. The maximum absolute atomic E-state index is 12.2. The van der Waals surface area contributed by atoms with Crippen LogP contribution in [0, 0.1) is 6.92 Å². The third kappa shape index (κ3) is 5.19. The van der Waals surface area contributed by atoms with Gasteiger partial charge in [0.15, 0.2) is 0 Å². The molecule has 0 aliphatic carbocycles. The maximum Gasteiger partial charge on any atom is 0.238 e. The lowest BCUT2D eigenvalue weighted by Crippen LogP contribution is -2.33. The van der Waals surface area contributed by atoms with Gasteiger partial charge in [0.2, 0.25) is 5.91 Å². The minimum Gasteiger partial charge on any atom is -0.325 e. The van der Waals surface area contributed by atoms with Crippen LogP contribution in [0.3, 0.4) is 0 Å². The third-order valence-corrected chi connectivity index (χ3v) is 3.31. The van der Waals surface area contributed by atoms with Crippen molar-refractivity contribution in [3.05, 3.63) is 78.4 Å². The van der Waals surface area contributed by atoms with Crippen LogP contribution in [-0.4, -0.2) is 23.9 Å². The van der Waals surface area contributed by atoms with Crippen LogP contribution in [0.25, 0.3) is 0 Å². The summed E-state index contributed by atoms with van der Waals surface area (Å²) in [6.07, 6.45) is 1.82. The average molecular weight is 294 g/mol. The number of nitrogens with zero attached hydrogens (tertiary/aromatic N) is 1. The SMILES string of the molecule is C=CCN(CC(=O)Nc1cccc(C)c1)Cc1ccccc1. The van der Waals surface area contributed by atoms with Crippen LogP contribution >= 0.6 is 0 Å². The van der Waals surface area contributed by atoms with Crippen LogP contribution < -0.4 is 5.32 Å². The van der Waals surface area contributed by atoms with Crippen molar-refractivity contribution in [2.75, 3.05) is 18.4 Å². The molecule has 2 rings (SSSR count). The van der Waals surface area contributed by atoms with Crippen molar-refractivity contribution in [2.45, 2.75) is 13.5 Å². The number of anilines is 1. The van der Waals surface area contributed by atoms with E-state index < -0.39 is 0 Å².